The monoisotopic (exact) mass is 883 g/mol. The van der Waals surface area contributed by atoms with E-state index in [4.69, 9.17) is 6.85 Å². The van der Waals surface area contributed by atoms with E-state index in [1.807, 2.05) is 84.9 Å². The minimum atomic E-state index is -0.471. The number of rotatable bonds is 9. The van der Waals surface area contributed by atoms with Crippen LogP contribution >= 0.6 is 0 Å². The second-order valence-corrected chi connectivity index (χ2v) is 17.7. The number of benzene rings is 11. The summed E-state index contributed by atoms with van der Waals surface area (Å²) in [7, 11) is 0. The van der Waals surface area contributed by atoms with Gasteiger partial charge >= 0.3 is 0 Å². The van der Waals surface area contributed by atoms with E-state index in [1.165, 1.54) is 33.4 Å². The predicted octanol–water partition coefficient (Wildman–Crippen LogP) is 17.6. The first-order valence-electron chi connectivity index (χ1n) is 25.9. The summed E-state index contributed by atoms with van der Waals surface area (Å²) in [5, 5.41) is 2.25. The molecule has 0 radical (unpaired) electrons. The molecule has 0 amide bonds. The van der Waals surface area contributed by atoms with Crippen LogP contribution in [0.1, 0.15) is 29.1 Å². The Labute approximate surface area is 410 Å². The summed E-state index contributed by atoms with van der Waals surface area (Å²) in [6.45, 7) is 0. The van der Waals surface area contributed by atoms with E-state index in [2.05, 4.69) is 168 Å². The van der Waals surface area contributed by atoms with E-state index in [9.17, 15) is 0 Å². The Balaban J connectivity index is 0.911. The number of para-hydroxylation sites is 2. The molecule has 1 heterocycles. The highest BCUT2D eigenvalue weighted by Crippen LogP contribution is 2.56. The van der Waals surface area contributed by atoms with Gasteiger partial charge < -0.3 is 9.47 Å². The molecule has 0 saturated heterocycles. The Kier molecular flexibility index (Phi) is 8.54. The lowest BCUT2D eigenvalue weighted by Gasteiger charge is -2.34. The van der Waals surface area contributed by atoms with Gasteiger partial charge in [0.1, 0.15) is 0 Å². The van der Waals surface area contributed by atoms with Crippen molar-refractivity contribution in [1.29, 1.82) is 0 Å². The minimum absolute atomic E-state index is 0.0849. The first-order valence-corrected chi connectivity index (χ1v) is 23.4. The van der Waals surface area contributed by atoms with Crippen LogP contribution in [0.15, 0.2) is 279 Å². The molecule has 13 rings (SSSR count). The lowest BCUT2D eigenvalue weighted by Crippen LogP contribution is -2.28. The molecule has 0 unspecified atom stereocenters. The fourth-order valence-electron chi connectivity index (χ4n) is 10.9. The Morgan fingerprint density at radius 1 is 0.333 bits per heavy atom. The van der Waals surface area contributed by atoms with Crippen molar-refractivity contribution in [2.75, 3.05) is 4.90 Å². The van der Waals surface area contributed by atoms with E-state index in [-0.39, 0.29) is 29.9 Å². The normalized spacial score (nSPS) is 13.5. The molecule has 0 fully saturated rings. The molecule has 0 saturated carbocycles. The van der Waals surface area contributed by atoms with Crippen molar-refractivity contribution in [3.05, 3.63) is 301 Å². The van der Waals surface area contributed by atoms with E-state index in [1.54, 1.807) is 4.90 Å². The molecular weight excluding hydrogens is 833 g/mol. The summed E-state index contributed by atoms with van der Waals surface area (Å²) in [6, 6.07) is 85.9. The summed E-state index contributed by atoms with van der Waals surface area (Å²) in [6.07, 6.45) is 0. The van der Waals surface area contributed by atoms with Gasteiger partial charge in [-0.05, 0) is 140 Å². The number of anilines is 3. The van der Waals surface area contributed by atoms with Gasteiger partial charge in [0.15, 0.2) is 0 Å². The van der Waals surface area contributed by atoms with Crippen LogP contribution in [0.4, 0.5) is 17.1 Å². The molecule has 2 heteroatoms. The number of hydrogen-bond acceptors (Lipinski definition) is 1. The number of nitrogens with zero attached hydrogens (tertiary/aromatic N) is 2. The highest BCUT2D eigenvalue weighted by Gasteiger charge is 2.45. The van der Waals surface area contributed by atoms with Crippen LogP contribution in [0.2, 0.25) is 0 Å². The zero-order chi connectivity index (χ0) is 50.1. The first-order chi connectivity index (χ1) is 36.3. The zero-order valence-electron chi connectivity index (χ0n) is 42.6. The maximum Gasteiger partial charge on any atom is 0.0713 e. The van der Waals surface area contributed by atoms with Crippen molar-refractivity contribution in [2.24, 2.45) is 0 Å². The Bertz CT molecular complexity index is 4020. The summed E-state index contributed by atoms with van der Waals surface area (Å²) in [5.41, 5.74) is 18.1. The van der Waals surface area contributed by atoms with Crippen LogP contribution in [-0.2, 0) is 5.41 Å². The molecule has 0 atom stereocenters. The molecule has 1 aliphatic rings. The van der Waals surface area contributed by atoms with Crippen LogP contribution in [0.3, 0.4) is 0 Å². The van der Waals surface area contributed by atoms with Gasteiger partial charge in [-0.3, -0.25) is 0 Å². The highest BCUT2D eigenvalue weighted by atomic mass is 15.1. The summed E-state index contributed by atoms with van der Waals surface area (Å²) < 4.78 is 45.8. The van der Waals surface area contributed by atoms with Crippen LogP contribution in [0, 0.1) is 0 Å². The molecule has 2 nitrogen and oxygen atoms in total. The molecule has 324 valence electrons. The summed E-state index contributed by atoms with van der Waals surface area (Å²) in [4.78, 5) is 1.76. The van der Waals surface area contributed by atoms with E-state index in [0.29, 0.717) is 11.4 Å². The third kappa shape index (κ3) is 6.72. The van der Waals surface area contributed by atoms with Crippen molar-refractivity contribution in [1.82, 2.24) is 4.57 Å². The average molecular weight is 884 g/mol. The van der Waals surface area contributed by atoms with E-state index in [0.717, 1.165) is 60.9 Å². The first kappa shape index (κ1) is 35.2. The van der Waals surface area contributed by atoms with Crippen molar-refractivity contribution in [3.63, 3.8) is 0 Å². The van der Waals surface area contributed by atoms with Gasteiger partial charge in [0.05, 0.1) is 23.3 Å². The minimum Gasteiger partial charge on any atom is -0.311 e. The molecular formula is C67H46N2. The second-order valence-electron chi connectivity index (χ2n) is 17.7. The topological polar surface area (TPSA) is 8.17 Å². The third-order valence-corrected chi connectivity index (χ3v) is 14.0. The van der Waals surface area contributed by atoms with Crippen molar-refractivity contribution < 1.29 is 6.85 Å². The molecule has 1 aromatic heterocycles. The van der Waals surface area contributed by atoms with Gasteiger partial charge in [-0.1, -0.05) is 206 Å². The van der Waals surface area contributed by atoms with Gasteiger partial charge in [0.25, 0.3) is 0 Å². The van der Waals surface area contributed by atoms with Crippen LogP contribution in [0.25, 0.3) is 72.0 Å². The summed E-state index contributed by atoms with van der Waals surface area (Å²) >= 11 is 0. The third-order valence-electron chi connectivity index (χ3n) is 14.0. The Hall–Kier alpha value is -8.98. The highest BCUT2D eigenvalue weighted by molar-refractivity contribution is 6.11. The van der Waals surface area contributed by atoms with Crippen molar-refractivity contribution in [2.45, 2.75) is 5.41 Å². The molecule has 1 aliphatic carbocycles. The Morgan fingerprint density at radius 3 is 1.28 bits per heavy atom. The fraction of sp³-hybridized carbons (Fsp3) is 0.0149. The van der Waals surface area contributed by atoms with Gasteiger partial charge in [-0.15, -0.1) is 0 Å². The largest absolute Gasteiger partial charge is 0.311 e. The standard InChI is InChI=1S/C67H46N2/c1-5-17-47(18-6-1)48-31-39-57(40-32-48)68(55-21-9-3-10-22-55)58-41-33-50(34-42-58)52-36-44-66-62(46-52)61-45-51(35-43-65(61)69(66)56-23-11-4-12-24-56)49-29-37-54(38-30-49)67(53-19-7-2-8-20-53)63-27-15-13-25-59(63)60-26-14-16-28-64(60)67/h1-46H/i3D,9D,10D,21D,22D. The van der Waals surface area contributed by atoms with Gasteiger partial charge in [0, 0.05) is 33.5 Å². The van der Waals surface area contributed by atoms with Crippen molar-refractivity contribution >= 4 is 38.9 Å². The van der Waals surface area contributed by atoms with Gasteiger partial charge in [0.2, 0.25) is 0 Å². The molecule has 0 spiro atoms. The van der Waals surface area contributed by atoms with Gasteiger partial charge in [-0.25, -0.2) is 0 Å². The van der Waals surface area contributed by atoms with Crippen LogP contribution in [0.5, 0.6) is 0 Å². The fourth-order valence-corrected chi connectivity index (χ4v) is 10.9. The molecule has 0 bridgehead atoms. The second kappa shape index (κ2) is 16.7. The maximum atomic E-state index is 9.01. The molecule has 0 aliphatic heterocycles. The smallest absolute Gasteiger partial charge is 0.0713 e. The van der Waals surface area contributed by atoms with E-state index < -0.39 is 11.5 Å². The molecule has 0 N–H and O–H groups in total. The van der Waals surface area contributed by atoms with Gasteiger partial charge in [-0.2, -0.15) is 0 Å². The lowest BCUT2D eigenvalue weighted by molar-refractivity contribution is 0.768. The maximum absolute atomic E-state index is 9.01. The molecule has 11 aromatic carbocycles. The predicted molar refractivity (Wildman–Crippen MR) is 289 cm³/mol. The number of hydrogen-bond donors (Lipinski definition) is 0. The molecule has 12 aromatic rings. The quantitative estimate of drug-likeness (QED) is 0.140. The number of aromatic nitrogens is 1. The average Bonchev–Trinajstić information content (AvgIpc) is 4.03. The van der Waals surface area contributed by atoms with E-state index >= 15 is 0 Å². The summed E-state index contributed by atoms with van der Waals surface area (Å²) in [5.74, 6) is 0. The molecule has 69 heavy (non-hydrogen) atoms. The zero-order valence-corrected chi connectivity index (χ0v) is 37.6. The lowest BCUT2D eigenvalue weighted by atomic mass is 9.67. The van der Waals surface area contributed by atoms with Crippen LogP contribution < -0.4 is 4.90 Å². The van der Waals surface area contributed by atoms with Crippen LogP contribution in [-0.4, -0.2) is 4.57 Å². The van der Waals surface area contributed by atoms with Crippen molar-refractivity contribution in [3.8, 4) is 50.2 Å². The number of fused-ring (bicyclic) bond motifs is 6. The SMILES string of the molecule is [2H]c1c([2H])c([2H])c(N(c2ccc(-c3ccccc3)cc2)c2ccc(-c3ccc4c(c3)c3cc(-c5ccc(C6(c7ccccc7)c7ccccc7-c7ccccc76)cc5)ccc3n4-c3ccccc3)cc2)c([2H])c1[2H]. The Morgan fingerprint density at radius 2 is 0.739 bits per heavy atom.